The fourth-order valence-corrected chi connectivity index (χ4v) is 3.77. The van der Waals surface area contributed by atoms with Gasteiger partial charge in [-0.05, 0) is 49.1 Å². The Hall–Kier alpha value is -3.04. The molecule has 2 aromatic heterocycles. The zero-order valence-corrected chi connectivity index (χ0v) is 17.3. The van der Waals surface area contributed by atoms with Gasteiger partial charge in [-0.1, -0.05) is 6.07 Å². The molecule has 1 aromatic carbocycles. The lowest BCUT2D eigenvalue weighted by molar-refractivity contribution is -0.116. The molecule has 29 heavy (non-hydrogen) atoms. The molecular weight excluding hydrogens is 410 g/mol. The van der Waals surface area contributed by atoms with Gasteiger partial charge in [0.05, 0.1) is 22.7 Å². The van der Waals surface area contributed by atoms with Crippen LogP contribution in [0.2, 0.25) is 0 Å². The van der Waals surface area contributed by atoms with Crippen LogP contribution in [0.1, 0.15) is 39.1 Å². The molecule has 0 aliphatic rings. The highest BCUT2D eigenvalue weighted by molar-refractivity contribution is 7.14. The minimum atomic E-state index is -0.393. The maximum Gasteiger partial charge on any atom is 0.338 e. The van der Waals surface area contributed by atoms with Crippen molar-refractivity contribution in [2.45, 2.75) is 19.8 Å². The van der Waals surface area contributed by atoms with Gasteiger partial charge >= 0.3 is 5.97 Å². The number of carbonyl (C=O) groups excluding carboxylic acids is 3. The van der Waals surface area contributed by atoms with Gasteiger partial charge in [0.1, 0.15) is 0 Å². The van der Waals surface area contributed by atoms with E-state index in [9.17, 15) is 14.4 Å². The predicted molar refractivity (Wildman–Crippen MR) is 114 cm³/mol. The highest BCUT2D eigenvalue weighted by atomic mass is 32.1. The summed E-state index contributed by atoms with van der Waals surface area (Å²) in [5.74, 6) is -0.744. The molecule has 0 radical (unpaired) electrons. The third-order valence-corrected chi connectivity index (χ3v) is 5.48. The predicted octanol–water partition coefficient (Wildman–Crippen LogP) is 4.20. The average Bonchev–Trinajstić information content (AvgIpc) is 3.39. The molecule has 0 spiro atoms. The molecule has 0 aliphatic carbocycles. The Morgan fingerprint density at radius 2 is 1.86 bits per heavy atom. The minimum Gasteiger partial charge on any atom is -0.462 e. The highest BCUT2D eigenvalue weighted by Gasteiger charge is 2.11. The van der Waals surface area contributed by atoms with E-state index in [0.29, 0.717) is 34.3 Å². The number of carbonyl (C=O) groups is 3. The molecule has 7 nitrogen and oxygen atoms in total. The van der Waals surface area contributed by atoms with Gasteiger partial charge in [-0.15, -0.1) is 22.7 Å². The number of hydrogen-bond acceptors (Lipinski definition) is 7. The molecule has 0 aliphatic heterocycles. The first-order valence-corrected chi connectivity index (χ1v) is 10.7. The number of nitrogens with zero attached hydrogens (tertiary/aromatic N) is 1. The number of aryl methyl sites for hydroxylation is 1. The SMILES string of the molecule is CCOC(=O)c1ccc(NC(=O)CCc2csc(NC(=O)c3cccs3)n2)cc1. The van der Waals surface area contributed by atoms with Gasteiger partial charge in [0.15, 0.2) is 5.13 Å². The second-order valence-electron chi connectivity index (χ2n) is 5.92. The van der Waals surface area contributed by atoms with Gasteiger partial charge in [-0.25, -0.2) is 9.78 Å². The van der Waals surface area contributed by atoms with Crippen molar-refractivity contribution in [1.82, 2.24) is 4.98 Å². The molecule has 9 heteroatoms. The first-order valence-electron chi connectivity index (χ1n) is 8.91. The molecule has 3 aromatic rings. The quantitative estimate of drug-likeness (QED) is 0.523. The summed E-state index contributed by atoms with van der Waals surface area (Å²) in [4.78, 5) is 40.8. The zero-order valence-electron chi connectivity index (χ0n) is 15.6. The fraction of sp³-hybridized carbons (Fsp3) is 0.200. The number of aromatic nitrogens is 1. The molecule has 0 saturated heterocycles. The number of thiazole rings is 1. The minimum absolute atomic E-state index is 0.161. The van der Waals surface area contributed by atoms with E-state index in [1.807, 2.05) is 16.8 Å². The van der Waals surface area contributed by atoms with Crippen LogP contribution in [-0.2, 0) is 16.0 Å². The van der Waals surface area contributed by atoms with Crippen LogP contribution in [-0.4, -0.2) is 29.4 Å². The van der Waals surface area contributed by atoms with Crippen LogP contribution in [0.5, 0.6) is 0 Å². The van der Waals surface area contributed by atoms with Crippen molar-refractivity contribution in [1.29, 1.82) is 0 Å². The molecular formula is C20H19N3O4S2. The van der Waals surface area contributed by atoms with Gasteiger partial charge < -0.3 is 10.1 Å². The summed E-state index contributed by atoms with van der Waals surface area (Å²) >= 11 is 2.69. The second-order valence-corrected chi connectivity index (χ2v) is 7.73. The van der Waals surface area contributed by atoms with E-state index < -0.39 is 5.97 Å². The van der Waals surface area contributed by atoms with E-state index in [1.54, 1.807) is 37.3 Å². The Morgan fingerprint density at radius 3 is 2.55 bits per heavy atom. The summed E-state index contributed by atoms with van der Waals surface area (Å²) in [5, 5.41) is 9.71. The molecule has 0 unspecified atom stereocenters. The van der Waals surface area contributed by atoms with Gasteiger partial charge in [-0.2, -0.15) is 0 Å². The fourth-order valence-electron chi connectivity index (χ4n) is 2.41. The molecule has 0 bridgehead atoms. The number of esters is 1. The van der Waals surface area contributed by atoms with Crippen LogP contribution < -0.4 is 10.6 Å². The largest absolute Gasteiger partial charge is 0.462 e. The topological polar surface area (TPSA) is 97.4 Å². The van der Waals surface area contributed by atoms with Crippen molar-refractivity contribution < 1.29 is 19.1 Å². The summed E-state index contributed by atoms with van der Waals surface area (Å²) in [6, 6.07) is 10.1. The lowest BCUT2D eigenvalue weighted by Gasteiger charge is -2.06. The molecule has 150 valence electrons. The van der Waals surface area contributed by atoms with Crippen LogP contribution in [0.4, 0.5) is 10.8 Å². The molecule has 3 rings (SSSR count). The number of rotatable bonds is 8. The summed E-state index contributed by atoms with van der Waals surface area (Å²) in [5.41, 5.74) is 1.78. The number of hydrogen-bond donors (Lipinski definition) is 2. The standard InChI is InChI=1S/C20H19N3O4S2/c1-2-27-19(26)13-5-7-14(8-6-13)21-17(24)10-9-15-12-29-20(22-15)23-18(25)16-4-3-11-28-16/h3-8,11-12H,2,9-10H2,1H3,(H,21,24)(H,22,23,25). The third-order valence-electron chi connectivity index (χ3n) is 3.81. The monoisotopic (exact) mass is 429 g/mol. The van der Waals surface area contributed by atoms with Crippen molar-refractivity contribution in [2.24, 2.45) is 0 Å². The summed E-state index contributed by atoms with van der Waals surface area (Å²) in [7, 11) is 0. The maximum atomic E-state index is 12.2. The Labute approximate surface area is 175 Å². The second kappa shape index (κ2) is 9.94. The van der Waals surface area contributed by atoms with Crippen molar-refractivity contribution in [3.63, 3.8) is 0 Å². The number of anilines is 2. The highest BCUT2D eigenvalue weighted by Crippen LogP contribution is 2.19. The smallest absolute Gasteiger partial charge is 0.338 e. The molecule has 2 N–H and O–H groups in total. The number of nitrogens with one attached hydrogen (secondary N) is 2. The van der Waals surface area contributed by atoms with Gasteiger partial charge in [0.25, 0.3) is 5.91 Å². The first kappa shape index (κ1) is 20.7. The number of thiophene rings is 1. The van der Waals surface area contributed by atoms with Gasteiger partial charge in [-0.3, -0.25) is 14.9 Å². The van der Waals surface area contributed by atoms with Gasteiger partial charge in [0, 0.05) is 17.5 Å². The molecule has 2 amide bonds. The van der Waals surface area contributed by atoms with E-state index in [-0.39, 0.29) is 18.2 Å². The van der Waals surface area contributed by atoms with Crippen molar-refractivity contribution >= 4 is 51.3 Å². The molecule has 0 saturated carbocycles. The number of benzene rings is 1. The lowest BCUT2D eigenvalue weighted by atomic mass is 10.2. The number of amides is 2. The third kappa shape index (κ3) is 5.97. The van der Waals surface area contributed by atoms with Crippen molar-refractivity contribution in [3.8, 4) is 0 Å². The Kier molecular flexibility index (Phi) is 7.09. The first-order chi connectivity index (χ1) is 14.0. The van der Waals surface area contributed by atoms with Gasteiger partial charge in [0.2, 0.25) is 5.91 Å². The van der Waals surface area contributed by atoms with Crippen LogP contribution in [0, 0.1) is 0 Å². The number of ether oxygens (including phenoxy) is 1. The van der Waals surface area contributed by atoms with E-state index in [1.165, 1.54) is 22.7 Å². The van der Waals surface area contributed by atoms with E-state index in [0.717, 1.165) is 5.69 Å². The molecule has 2 heterocycles. The Balaban J connectivity index is 1.46. The summed E-state index contributed by atoms with van der Waals surface area (Å²) in [6.07, 6.45) is 0.708. The van der Waals surface area contributed by atoms with E-state index in [2.05, 4.69) is 15.6 Å². The van der Waals surface area contributed by atoms with E-state index in [4.69, 9.17) is 4.74 Å². The molecule has 0 atom stereocenters. The van der Waals surface area contributed by atoms with Crippen LogP contribution in [0.25, 0.3) is 0 Å². The molecule has 0 fully saturated rings. The Bertz CT molecular complexity index is 982. The summed E-state index contributed by atoms with van der Waals surface area (Å²) < 4.78 is 4.93. The van der Waals surface area contributed by atoms with Crippen molar-refractivity contribution in [3.05, 3.63) is 63.3 Å². The average molecular weight is 430 g/mol. The van der Waals surface area contributed by atoms with E-state index >= 15 is 0 Å². The van der Waals surface area contributed by atoms with Crippen LogP contribution in [0.15, 0.2) is 47.2 Å². The van der Waals surface area contributed by atoms with Crippen LogP contribution >= 0.6 is 22.7 Å². The normalized spacial score (nSPS) is 10.4. The lowest BCUT2D eigenvalue weighted by Crippen LogP contribution is -2.13. The van der Waals surface area contributed by atoms with Crippen molar-refractivity contribution in [2.75, 3.05) is 17.2 Å². The zero-order chi connectivity index (χ0) is 20.6. The Morgan fingerprint density at radius 1 is 1.07 bits per heavy atom. The maximum absolute atomic E-state index is 12.2. The van der Waals surface area contributed by atoms with Crippen LogP contribution in [0.3, 0.4) is 0 Å². The summed E-state index contributed by atoms with van der Waals surface area (Å²) in [6.45, 7) is 2.06.